The van der Waals surface area contributed by atoms with Crippen LogP contribution in [0.15, 0.2) is 21.1 Å². The van der Waals surface area contributed by atoms with Crippen molar-refractivity contribution in [1.29, 1.82) is 0 Å². The van der Waals surface area contributed by atoms with Crippen molar-refractivity contribution < 1.29 is 4.74 Å². The number of halogens is 2. The molecule has 1 aromatic heterocycles. The molecule has 4 nitrogen and oxygen atoms in total. The molecule has 2 N–H and O–H groups in total. The average Bonchev–Trinajstić information content (AvgIpc) is 2.64. The van der Waals surface area contributed by atoms with E-state index in [-0.39, 0.29) is 0 Å². The Morgan fingerprint density at radius 3 is 2.57 bits per heavy atom. The summed E-state index contributed by atoms with van der Waals surface area (Å²) in [5.74, 6) is 0.911. The minimum Gasteiger partial charge on any atom is -0.487 e. The lowest BCUT2D eigenvalue weighted by molar-refractivity contribution is 0.289. The van der Waals surface area contributed by atoms with Crippen LogP contribution in [0.2, 0.25) is 0 Å². The van der Waals surface area contributed by atoms with Crippen LogP contribution in [0.4, 0.5) is 0 Å². The van der Waals surface area contributed by atoms with Crippen molar-refractivity contribution in [3.05, 3.63) is 43.6 Å². The third-order valence-corrected chi connectivity index (χ3v) is 4.83. The Hall–Kier alpha value is -0.850. The van der Waals surface area contributed by atoms with Crippen molar-refractivity contribution >= 4 is 31.9 Å². The zero-order valence-electron chi connectivity index (χ0n) is 12.4. The molecule has 0 radical (unpaired) electrons. The predicted octanol–water partition coefficient (Wildman–Crippen LogP) is 3.64. The highest BCUT2D eigenvalue weighted by Gasteiger charge is 2.14. The van der Waals surface area contributed by atoms with E-state index in [1.807, 2.05) is 25.6 Å². The summed E-state index contributed by atoms with van der Waals surface area (Å²) in [7, 11) is 1.92. The first-order valence-electron chi connectivity index (χ1n) is 6.74. The molecule has 2 rings (SSSR count). The average molecular weight is 417 g/mol. The minimum atomic E-state index is 0.470. The van der Waals surface area contributed by atoms with Gasteiger partial charge in [0.05, 0.1) is 15.9 Å². The predicted molar refractivity (Wildman–Crippen MR) is 91.6 cm³/mol. The molecule has 21 heavy (non-hydrogen) atoms. The lowest BCUT2D eigenvalue weighted by atomic mass is 10.1. The standard InChI is InChI=1S/C15H19Br2N3O/c1-9-6-12(16)7-11(4-5-18)15(9)21-8-13-14(17)10(2)19-20(13)3/h6-7H,4-5,8,18H2,1-3H3. The SMILES string of the molecule is Cc1cc(Br)cc(CCN)c1OCc1c(Br)c(C)nn1C. The molecule has 1 aromatic carbocycles. The van der Waals surface area contributed by atoms with Crippen molar-refractivity contribution in [2.24, 2.45) is 12.8 Å². The monoisotopic (exact) mass is 415 g/mol. The van der Waals surface area contributed by atoms with Gasteiger partial charge >= 0.3 is 0 Å². The molecule has 0 bridgehead atoms. The normalized spacial score (nSPS) is 11.0. The molecular weight excluding hydrogens is 398 g/mol. The van der Waals surface area contributed by atoms with Gasteiger partial charge in [-0.1, -0.05) is 15.9 Å². The quantitative estimate of drug-likeness (QED) is 0.809. The van der Waals surface area contributed by atoms with E-state index in [0.717, 1.165) is 43.6 Å². The van der Waals surface area contributed by atoms with Crippen molar-refractivity contribution in [2.75, 3.05) is 6.54 Å². The summed E-state index contributed by atoms with van der Waals surface area (Å²) in [5.41, 5.74) is 9.91. The first-order valence-corrected chi connectivity index (χ1v) is 8.32. The van der Waals surface area contributed by atoms with Gasteiger partial charge in [0, 0.05) is 11.5 Å². The molecule has 0 atom stereocenters. The molecule has 2 aromatic rings. The van der Waals surface area contributed by atoms with E-state index in [4.69, 9.17) is 10.5 Å². The number of aromatic nitrogens is 2. The van der Waals surface area contributed by atoms with Gasteiger partial charge < -0.3 is 10.5 Å². The maximum Gasteiger partial charge on any atom is 0.131 e. The van der Waals surface area contributed by atoms with Crippen LogP contribution in [-0.2, 0) is 20.1 Å². The molecule has 0 saturated heterocycles. The summed E-state index contributed by atoms with van der Waals surface area (Å²) in [6.45, 7) is 5.08. The summed E-state index contributed by atoms with van der Waals surface area (Å²) >= 11 is 7.08. The number of benzene rings is 1. The van der Waals surface area contributed by atoms with Crippen molar-refractivity contribution in [3.63, 3.8) is 0 Å². The molecule has 0 spiro atoms. The molecule has 0 unspecified atom stereocenters. The molecule has 6 heteroatoms. The molecular formula is C15H19Br2N3O. The number of rotatable bonds is 5. The van der Waals surface area contributed by atoms with Gasteiger partial charge in [-0.25, -0.2) is 0 Å². The highest BCUT2D eigenvalue weighted by Crippen LogP contribution is 2.30. The summed E-state index contributed by atoms with van der Waals surface area (Å²) in [5, 5.41) is 4.38. The maximum absolute atomic E-state index is 6.07. The number of aryl methyl sites for hydroxylation is 3. The molecule has 0 aliphatic heterocycles. The van der Waals surface area contributed by atoms with Crippen LogP contribution in [0, 0.1) is 13.8 Å². The van der Waals surface area contributed by atoms with Crippen LogP contribution in [0.5, 0.6) is 5.75 Å². The second kappa shape index (κ2) is 6.94. The second-order valence-electron chi connectivity index (χ2n) is 5.01. The van der Waals surface area contributed by atoms with Crippen molar-refractivity contribution in [1.82, 2.24) is 9.78 Å². The summed E-state index contributed by atoms with van der Waals surface area (Å²) in [4.78, 5) is 0. The third-order valence-electron chi connectivity index (χ3n) is 3.34. The fourth-order valence-corrected chi connectivity index (χ4v) is 3.39. The van der Waals surface area contributed by atoms with Gasteiger partial charge in [-0.15, -0.1) is 0 Å². The zero-order chi connectivity index (χ0) is 15.6. The van der Waals surface area contributed by atoms with Gasteiger partial charge in [-0.3, -0.25) is 4.68 Å². The van der Waals surface area contributed by atoms with Gasteiger partial charge in [-0.05, 0) is 66.0 Å². The van der Waals surface area contributed by atoms with Crippen LogP contribution >= 0.6 is 31.9 Å². The molecule has 0 aliphatic carbocycles. The summed E-state index contributed by atoms with van der Waals surface area (Å²) in [6, 6.07) is 4.12. The fourth-order valence-electron chi connectivity index (χ4n) is 2.32. The first kappa shape index (κ1) is 16.5. The summed E-state index contributed by atoms with van der Waals surface area (Å²) in [6.07, 6.45) is 0.793. The van der Waals surface area contributed by atoms with E-state index in [9.17, 15) is 0 Å². The van der Waals surface area contributed by atoms with E-state index in [0.29, 0.717) is 13.2 Å². The van der Waals surface area contributed by atoms with Gasteiger partial charge in [0.1, 0.15) is 12.4 Å². The zero-order valence-corrected chi connectivity index (χ0v) is 15.6. The molecule has 0 amide bonds. The van der Waals surface area contributed by atoms with Crippen LogP contribution in [0.1, 0.15) is 22.5 Å². The Labute approximate surface area is 141 Å². The Bertz CT molecular complexity index is 653. The highest BCUT2D eigenvalue weighted by molar-refractivity contribution is 9.10. The number of nitrogens with two attached hydrogens (primary N) is 1. The lowest BCUT2D eigenvalue weighted by Crippen LogP contribution is -2.08. The van der Waals surface area contributed by atoms with E-state index >= 15 is 0 Å². The summed E-state index contributed by atoms with van der Waals surface area (Å²) < 4.78 is 9.96. The Morgan fingerprint density at radius 2 is 2.00 bits per heavy atom. The minimum absolute atomic E-state index is 0.470. The first-order chi connectivity index (χ1) is 9.93. The molecule has 0 saturated carbocycles. The Kier molecular flexibility index (Phi) is 5.46. The Morgan fingerprint density at radius 1 is 1.29 bits per heavy atom. The molecule has 1 heterocycles. The van der Waals surface area contributed by atoms with E-state index in [1.165, 1.54) is 0 Å². The van der Waals surface area contributed by atoms with Crippen molar-refractivity contribution in [2.45, 2.75) is 26.9 Å². The maximum atomic E-state index is 6.07. The third kappa shape index (κ3) is 3.67. The van der Waals surface area contributed by atoms with Gasteiger partial charge in [0.2, 0.25) is 0 Å². The molecule has 114 valence electrons. The van der Waals surface area contributed by atoms with Gasteiger partial charge in [0.15, 0.2) is 0 Å². The van der Waals surface area contributed by atoms with Crippen LogP contribution in [0.25, 0.3) is 0 Å². The lowest BCUT2D eigenvalue weighted by Gasteiger charge is -2.15. The number of nitrogens with zero attached hydrogens (tertiary/aromatic N) is 2. The van der Waals surface area contributed by atoms with Crippen LogP contribution in [-0.4, -0.2) is 16.3 Å². The van der Waals surface area contributed by atoms with Gasteiger partial charge in [0.25, 0.3) is 0 Å². The molecule has 0 aliphatic rings. The van der Waals surface area contributed by atoms with Gasteiger partial charge in [-0.2, -0.15) is 5.10 Å². The fraction of sp³-hybridized carbons (Fsp3) is 0.400. The van der Waals surface area contributed by atoms with E-state index < -0.39 is 0 Å². The number of ether oxygens (including phenoxy) is 1. The smallest absolute Gasteiger partial charge is 0.131 e. The molecule has 0 fully saturated rings. The number of hydrogen-bond donors (Lipinski definition) is 1. The van der Waals surface area contributed by atoms with Crippen LogP contribution in [0.3, 0.4) is 0 Å². The van der Waals surface area contributed by atoms with E-state index in [1.54, 1.807) is 0 Å². The highest BCUT2D eigenvalue weighted by atomic mass is 79.9. The topological polar surface area (TPSA) is 53.1 Å². The van der Waals surface area contributed by atoms with E-state index in [2.05, 4.69) is 49.1 Å². The van der Waals surface area contributed by atoms with Crippen LogP contribution < -0.4 is 10.5 Å². The number of hydrogen-bond acceptors (Lipinski definition) is 3. The Balaban J connectivity index is 2.27. The largest absolute Gasteiger partial charge is 0.487 e. The second-order valence-corrected chi connectivity index (χ2v) is 6.72. The van der Waals surface area contributed by atoms with Crippen molar-refractivity contribution in [3.8, 4) is 5.75 Å².